The fourth-order valence-electron chi connectivity index (χ4n) is 4.89. The summed E-state index contributed by atoms with van der Waals surface area (Å²) in [4.78, 5) is 0. The zero-order valence-electron chi connectivity index (χ0n) is 16.3. The first-order chi connectivity index (χ1) is 13.7. The molecule has 136 valence electrons. The largest absolute Gasteiger partial charge is 0.360 e. The molecule has 0 bridgehead atoms. The lowest BCUT2D eigenvalue weighted by Crippen LogP contribution is -2.42. The standard InChI is InChI=1S/C23H22N5/c1-24-16-9-4-5-10-17(16)25(2)22(24)20-13-8-14-21-23-26(3)18-11-6-7-12-19(18)28(23)15-27(20)21/h4-14H,15H2,1-3H3/q+3. The quantitative estimate of drug-likeness (QED) is 0.397. The zero-order valence-corrected chi connectivity index (χ0v) is 16.3. The van der Waals surface area contributed by atoms with Gasteiger partial charge in [0.05, 0.1) is 21.1 Å². The molecule has 5 aromatic rings. The Morgan fingerprint density at radius 2 is 1.25 bits per heavy atom. The molecule has 0 aliphatic carbocycles. The molecule has 6 rings (SSSR count). The fourth-order valence-corrected chi connectivity index (χ4v) is 4.89. The molecule has 1 aliphatic heterocycles. The van der Waals surface area contributed by atoms with Gasteiger partial charge in [-0.25, -0.2) is 13.7 Å². The summed E-state index contributed by atoms with van der Waals surface area (Å²) in [5.74, 6) is 2.46. The zero-order chi connectivity index (χ0) is 19.0. The Hall–Kier alpha value is -3.47. The number of nitrogens with zero attached hydrogens (tertiary/aromatic N) is 5. The summed E-state index contributed by atoms with van der Waals surface area (Å²) in [6.07, 6.45) is 0. The molecule has 0 saturated heterocycles. The maximum atomic E-state index is 2.43. The van der Waals surface area contributed by atoms with E-state index in [0.29, 0.717) is 0 Å². The molecule has 4 heterocycles. The minimum absolute atomic E-state index is 0.823. The first-order valence-electron chi connectivity index (χ1n) is 9.61. The summed E-state index contributed by atoms with van der Waals surface area (Å²) in [6, 6.07) is 23.8. The number of aromatic nitrogens is 5. The molecule has 0 radical (unpaired) electrons. The molecule has 0 amide bonds. The first-order valence-corrected chi connectivity index (χ1v) is 9.61. The second-order valence-electron chi connectivity index (χ2n) is 7.60. The maximum Gasteiger partial charge on any atom is 0.360 e. The molecule has 0 unspecified atom stereocenters. The molecule has 2 aromatic carbocycles. The number of hydrogen-bond donors (Lipinski definition) is 0. The van der Waals surface area contributed by atoms with E-state index in [-0.39, 0.29) is 0 Å². The molecular weight excluding hydrogens is 346 g/mol. The highest BCUT2D eigenvalue weighted by atomic mass is 15.3. The van der Waals surface area contributed by atoms with Crippen LogP contribution in [0.1, 0.15) is 0 Å². The maximum absolute atomic E-state index is 2.43. The highest BCUT2D eigenvalue weighted by Crippen LogP contribution is 2.27. The van der Waals surface area contributed by atoms with Crippen LogP contribution in [0, 0.1) is 0 Å². The Labute approximate surface area is 162 Å². The molecule has 0 spiro atoms. The number of imidazole rings is 2. The van der Waals surface area contributed by atoms with E-state index in [0.717, 1.165) is 6.67 Å². The predicted molar refractivity (Wildman–Crippen MR) is 107 cm³/mol. The average Bonchev–Trinajstić information content (AvgIpc) is 3.33. The van der Waals surface area contributed by atoms with Gasteiger partial charge in [-0.05, 0) is 30.3 Å². The Morgan fingerprint density at radius 3 is 1.96 bits per heavy atom. The topological polar surface area (TPSA) is 21.5 Å². The summed E-state index contributed by atoms with van der Waals surface area (Å²) in [5.41, 5.74) is 7.51. The van der Waals surface area contributed by atoms with Gasteiger partial charge in [0.25, 0.3) is 18.1 Å². The van der Waals surface area contributed by atoms with E-state index >= 15 is 0 Å². The lowest BCUT2D eigenvalue weighted by Gasteiger charge is -1.99. The van der Waals surface area contributed by atoms with E-state index in [2.05, 4.69) is 111 Å². The van der Waals surface area contributed by atoms with Crippen molar-refractivity contribution in [1.82, 2.24) is 9.13 Å². The molecule has 0 N–H and O–H groups in total. The molecular formula is C23H22N5+3. The van der Waals surface area contributed by atoms with E-state index in [1.165, 1.54) is 45.1 Å². The summed E-state index contributed by atoms with van der Waals surface area (Å²) in [6.45, 7) is 0.823. The minimum atomic E-state index is 0.823. The van der Waals surface area contributed by atoms with Crippen LogP contribution in [0.25, 0.3) is 45.1 Å². The number of rotatable bonds is 1. The summed E-state index contributed by atoms with van der Waals surface area (Å²) in [7, 11) is 6.47. The normalized spacial score (nSPS) is 12.7. The van der Waals surface area contributed by atoms with Crippen LogP contribution in [0.2, 0.25) is 0 Å². The van der Waals surface area contributed by atoms with Crippen LogP contribution in [-0.4, -0.2) is 9.13 Å². The Morgan fingerprint density at radius 1 is 0.679 bits per heavy atom. The molecule has 0 atom stereocenters. The monoisotopic (exact) mass is 368 g/mol. The van der Waals surface area contributed by atoms with E-state index in [9.17, 15) is 0 Å². The van der Waals surface area contributed by atoms with Gasteiger partial charge in [0.1, 0.15) is 0 Å². The van der Waals surface area contributed by atoms with Crippen molar-refractivity contribution in [2.24, 2.45) is 21.1 Å². The number of para-hydroxylation sites is 4. The number of hydrogen-bond acceptors (Lipinski definition) is 0. The van der Waals surface area contributed by atoms with Crippen LogP contribution in [0.5, 0.6) is 0 Å². The third kappa shape index (κ3) is 1.78. The van der Waals surface area contributed by atoms with Crippen molar-refractivity contribution in [2.75, 3.05) is 0 Å². The Bertz CT molecular complexity index is 1380. The van der Waals surface area contributed by atoms with Crippen molar-refractivity contribution in [3.8, 4) is 23.0 Å². The van der Waals surface area contributed by atoms with Crippen LogP contribution in [0.4, 0.5) is 0 Å². The summed E-state index contributed by atoms with van der Waals surface area (Å²) < 4.78 is 11.7. The molecule has 5 heteroatoms. The molecule has 0 saturated carbocycles. The highest BCUT2D eigenvalue weighted by molar-refractivity contribution is 5.76. The number of benzene rings is 2. The molecule has 0 fully saturated rings. The molecule has 5 nitrogen and oxygen atoms in total. The van der Waals surface area contributed by atoms with Crippen LogP contribution in [0.3, 0.4) is 0 Å². The molecule has 28 heavy (non-hydrogen) atoms. The van der Waals surface area contributed by atoms with Crippen molar-refractivity contribution in [2.45, 2.75) is 6.67 Å². The van der Waals surface area contributed by atoms with Gasteiger partial charge in [-0.2, -0.15) is 4.57 Å². The third-order valence-corrected chi connectivity index (χ3v) is 6.18. The van der Waals surface area contributed by atoms with E-state index < -0.39 is 0 Å². The van der Waals surface area contributed by atoms with Crippen molar-refractivity contribution >= 4 is 22.1 Å². The van der Waals surface area contributed by atoms with Crippen LogP contribution in [0.15, 0.2) is 66.7 Å². The molecule has 3 aromatic heterocycles. The summed E-state index contributed by atoms with van der Waals surface area (Å²) >= 11 is 0. The van der Waals surface area contributed by atoms with Crippen LogP contribution >= 0.6 is 0 Å². The van der Waals surface area contributed by atoms with Crippen molar-refractivity contribution in [1.29, 1.82) is 0 Å². The SMILES string of the molecule is Cn1c(-c2cccc3[n+]2Cn2c-3[n+](C)c3ccccc32)[n+](C)c2ccccc21. The smallest absolute Gasteiger partial charge is 0.220 e. The number of aryl methyl sites for hydroxylation is 3. The third-order valence-electron chi connectivity index (χ3n) is 6.18. The van der Waals surface area contributed by atoms with E-state index in [1.54, 1.807) is 0 Å². The van der Waals surface area contributed by atoms with Crippen molar-refractivity contribution < 1.29 is 13.7 Å². The molecule has 1 aliphatic rings. The van der Waals surface area contributed by atoms with Gasteiger partial charge in [-0.1, -0.05) is 24.3 Å². The van der Waals surface area contributed by atoms with Gasteiger partial charge < -0.3 is 0 Å². The first kappa shape index (κ1) is 15.6. The van der Waals surface area contributed by atoms with Crippen molar-refractivity contribution in [3.63, 3.8) is 0 Å². The lowest BCUT2D eigenvalue weighted by molar-refractivity contribution is -0.691. The number of pyridine rings is 1. The highest BCUT2D eigenvalue weighted by Gasteiger charge is 2.43. The minimum Gasteiger partial charge on any atom is -0.220 e. The van der Waals surface area contributed by atoms with Crippen molar-refractivity contribution in [3.05, 3.63) is 66.7 Å². The summed E-state index contributed by atoms with van der Waals surface area (Å²) in [5, 5.41) is 0. The second-order valence-corrected chi connectivity index (χ2v) is 7.60. The van der Waals surface area contributed by atoms with Gasteiger partial charge in [0.2, 0.25) is 0 Å². The lowest BCUT2D eigenvalue weighted by atomic mass is 10.2. The van der Waals surface area contributed by atoms with Gasteiger partial charge in [0.15, 0.2) is 22.1 Å². The Kier molecular flexibility index (Phi) is 2.94. The van der Waals surface area contributed by atoms with Crippen LogP contribution in [-0.2, 0) is 27.8 Å². The van der Waals surface area contributed by atoms with Crippen LogP contribution < -0.4 is 13.7 Å². The fraction of sp³-hybridized carbons (Fsp3) is 0.174. The average molecular weight is 368 g/mol. The van der Waals surface area contributed by atoms with Gasteiger partial charge in [0, 0.05) is 12.1 Å². The Balaban J connectivity index is 1.66. The van der Waals surface area contributed by atoms with Gasteiger partial charge in [-0.3, -0.25) is 0 Å². The van der Waals surface area contributed by atoms with Gasteiger partial charge in [-0.15, -0.1) is 4.57 Å². The van der Waals surface area contributed by atoms with Gasteiger partial charge >= 0.3 is 11.6 Å². The number of fused-ring (bicyclic) bond motifs is 6. The van der Waals surface area contributed by atoms with E-state index in [4.69, 9.17) is 0 Å². The predicted octanol–water partition coefficient (Wildman–Crippen LogP) is 2.22. The van der Waals surface area contributed by atoms with E-state index in [1.807, 2.05) is 0 Å². The second kappa shape index (κ2) is 5.29.